The fourth-order valence-corrected chi connectivity index (χ4v) is 2.07. The molecule has 0 aliphatic heterocycles. The van der Waals surface area contributed by atoms with Crippen LogP contribution in [0.3, 0.4) is 0 Å². The summed E-state index contributed by atoms with van der Waals surface area (Å²) in [6.07, 6.45) is 2.69. The van der Waals surface area contributed by atoms with Crippen molar-refractivity contribution in [2.75, 3.05) is 13.2 Å². The molecule has 1 aromatic rings. The summed E-state index contributed by atoms with van der Waals surface area (Å²) in [4.78, 5) is 25.1. The molecule has 0 aromatic carbocycles. The molecule has 1 rings (SSSR count). The Morgan fingerprint density at radius 1 is 1.58 bits per heavy atom. The molecule has 1 heterocycles. The molecule has 0 radical (unpaired) electrons. The van der Waals surface area contributed by atoms with Gasteiger partial charge in [-0.05, 0) is 24.6 Å². The first-order chi connectivity index (χ1) is 8.79. The Morgan fingerprint density at radius 3 is 2.84 bits per heavy atom. The van der Waals surface area contributed by atoms with Crippen molar-refractivity contribution in [2.45, 2.75) is 26.2 Å². The first-order valence-corrected chi connectivity index (χ1v) is 9.26. The van der Waals surface area contributed by atoms with Crippen LogP contribution in [0.2, 0.25) is 19.6 Å². The molecule has 0 saturated heterocycles. The van der Waals surface area contributed by atoms with Gasteiger partial charge in [0.25, 0.3) is 5.91 Å². The topological polar surface area (TPSA) is 99.3 Å². The van der Waals surface area contributed by atoms with E-state index >= 15 is 0 Å². The summed E-state index contributed by atoms with van der Waals surface area (Å²) in [5.41, 5.74) is 0. The van der Waals surface area contributed by atoms with E-state index in [0.717, 1.165) is 0 Å². The van der Waals surface area contributed by atoms with E-state index in [0.29, 0.717) is 13.2 Å². The lowest BCUT2D eigenvalue weighted by atomic mass is 10.5. The number of nitrogens with one attached hydrogen (secondary N) is 1. The summed E-state index contributed by atoms with van der Waals surface area (Å²) in [6.45, 7) is 6.90. The van der Waals surface area contributed by atoms with E-state index in [1.165, 1.54) is 17.0 Å². The molecule has 0 aliphatic carbocycles. The van der Waals surface area contributed by atoms with Gasteiger partial charge in [0.1, 0.15) is 12.4 Å². The average Bonchev–Trinajstić information content (AvgIpc) is 2.71. The summed E-state index contributed by atoms with van der Waals surface area (Å²) in [5.74, 6) is -0.645. The van der Waals surface area contributed by atoms with Crippen LogP contribution >= 0.6 is 0 Å². The molecule has 0 fully saturated rings. The average molecular weight is 286 g/mol. The molecule has 9 heteroatoms. The molecule has 0 unspecified atom stereocenters. The van der Waals surface area contributed by atoms with Gasteiger partial charge in [-0.25, -0.2) is 4.57 Å². The lowest BCUT2D eigenvalue weighted by Gasteiger charge is -2.17. The SMILES string of the molecule is C[Si](C)(C)OCCNC(=O)Cn1ccnc1[N+](=O)[O-]. The van der Waals surface area contributed by atoms with Gasteiger partial charge in [-0.3, -0.25) is 4.79 Å². The number of aromatic nitrogens is 2. The van der Waals surface area contributed by atoms with Crippen molar-refractivity contribution >= 4 is 20.2 Å². The largest absolute Gasteiger partial charge is 0.435 e. The zero-order valence-electron chi connectivity index (χ0n) is 11.3. The molecule has 1 amide bonds. The fraction of sp³-hybridized carbons (Fsp3) is 0.600. The van der Waals surface area contributed by atoms with E-state index in [1.54, 1.807) is 0 Å². The molecule has 1 aromatic heterocycles. The van der Waals surface area contributed by atoms with Crippen LogP contribution in [0.1, 0.15) is 0 Å². The molecular weight excluding hydrogens is 268 g/mol. The quantitative estimate of drug-likeness (QED) is 0.345. The van der Waals surface area contributed by atoms with Crippen LogP contribution in [0.5, 0.6) is 0 Å². The number of amides is 1. The zero-order valence-corrected chi connectivity index (χ0v) is 12.3. The van der Waals surface area contributed by atoms with Gasteiger partial charge in [-0.2, -0.15) is 0 Å². The molecule has 0 bridgehead atoms. The van der Waals surface area contributed by atoms with E-state index < -0.39 is 13.2 Å². The second-order valence-electron chi connectivity index (χ2n) is 4.92. The first kappa shape index (κ1) is 15.3. The standard InChI is InChI=1S/C10H18N4O4Si/c1-19(2,3)18-7-5-11-9(15)8-13-6-4-12-10(13)14(16)17/h4,6H,5,7-8H2,1-3H3,(H,11,15). The molecule has 0 spiro atoms. The lowest BCUT2D eigenvalue weighted by Crippen LogP contribution is -2.34. The van der Waals surface area contributed by atoms with E-state index in [-0.39, 0.29) is 18.4 Å². The smallest absolute Gasteiger partial charge is 0.416 e. The third-order valence-corrected chi connectivity index (χ3v) is 3.20. The second-order valence-corrected chi connectivity index (χ2v) is 9.44. The van der Waals surface area contributed by atoms with Crippen LogP contribution in [0, 0.1) is 10.1 Å². The van der Waals surface area contributed by atoms with Crippen LogP contribution in [0.25, 0.3) is 0 Å². The van der Waals surface area contributed by atoms with Crippen molar-refractivity contribution < 1.29 is 14.1 Å². The number of nitrogens with zero attached hydrogens (tertiary/aromatic N) is 3. The Kier molecular flexibility index (Phi) is 5.18. The third-order valence-electron chi connectivity index (χ3n) is 2.13. The van der Waals surface area contributed by atoms with E-state index in [2.05, 4.69) is 29.9 Å². The van der Waals surface area contributed by atoms with Gasteiger partial charge in [0.15, 0.2) is 14.9 Å². The second kappa shape index (κ2) is 6.43. The molecule has 19 heavy (non-hydrogen) atoms. The van der Waals surface area contributed by atoms with Crippen molar-refractivity contribution in [1.29, 1.82) is 0 Å². The van der Waals surface area contributed by atoms with Crippen molar-refractivity contribution in [3.8, 4) is 0 Å². The predicted molar refractivity (Wildman–Crippen MR) is 71.2 cm³/mol. The summed E-state index contributed by atoms with van der Waals surface area (Å²) in [5, 5.41) is 13.3. The molecule has 0 saturated carbocycles. The maximum atomic E-state index is 11.6. The maximum Gasteiger partial charge on any atom is 0.435 e. The van der Waals surface area contributed by atoms with Crippen molar-refractivity contribution in [3.63, 3.8) is 0 Å². The fourth-order valence-electron chi connectivity index (χ4n) is 1.36. The van der Waals surface area contributed by atoms with Gasteiger partial charge in [0.2, 0.25) is 0 Å². The minimum atomic E-state index is -1.57. The maximum absolute atomic E-state index is 11.6. The number of rotatable bonds is 7. The van der Waals surface area contributed by atoms with Gasteiger partial charge in [-0.1, -0.05) is 4.98 Å². The number of nitro groups is 1. The number of hydrogen-bond acceptors (Lipinski definition) is 5. The molecule has 8 nitrogen and oxygen atoms in total. The summed E-state index contributed by atoms with van der Waals surface area (Å²) < 4.78 is 6.76. The van der Waals surface area contributed by atoms with Crippen LogP contribution in [-0.2, 0) is 15.8 Å². The third kappa shape index (κ3) is 5.62. The molecule has 106 valence electrons. The number of carbonyl (C=O) groups excluding carboxylic acids is 1. The highest BCUT2D eigenvalue weighted by Crippen LogP contribution is 2.06. The number of hydrogen-bond donors (Lipinski definition) is 1. The van der Waals surface area contributed by atoms with Gasteiger partial charge in [-0.15, -0.1) is 0 Å². The van der Waals surface area contributed by atoms with Crippen LogP contribution in [-0.4, -0.2) is 41.9 Å². The lowest BCUT2D eigenvalue weighted by molar-refractivity contribution is -0.396. The molecular formula is C10H18N4O4Si. The van der Waals surface area contributed by atoms with Crippen LogP contribution in [0.15, 0.2) is 12.4 Å². The van der Waals surface area contributed by atoms with Crippen molar-refractivity contribution in [1.82, 2.24) is 14.9 Å². The van der Waals surface area contributed by atoms with Crippen molar-refractivity contribution in [2.24, 2.45) is 0 Å². The predicted octanol–water partition coefficient (Wildman–Crippen LogP) is 0.759. The van der Waals surface area contributed by atoms with Gasteiger partial charge in [0.05, 0.1) is 6.61 Å². The van der Waals surface area contributed by atoms with E-state index in [1.807, 2.05) is 0 Å². The van der Waals surface area contributed by atoms with Crippen LogP contribution < -0.4 is 5.32 Å². The first-order valence-electron chi connectivity index (χ1n) is 5.86. The molecule has 0 aliphatic rings. The minimum absolute atomic E-state index is 0.122. The zero-order chi connectivity index (χ0) is 14.5. The Balaban J connectivity index is 2.35. The summed E-state index contributed by atoms with van der Waals surface area (Å²) in [6, 6.07) is 0. The van der Waals surface area contributed by atoms with Crippen molar-refractivity contribution in [3.05, 3.63) is 22.5 Å². The highest BCUT2D eigenvalue weighted by atomic mass is 28.4. The summed E-state index contributed by atoms with van der Waals surface area (Å²) in [7, 11) is -1.57. The monoisotopic (exact) mass is 286 g/mol. The normalized spacial score (nSPS) is 11.3. The van der Waals surface area contributed by atoms with Gasteiger partial charge < -0.3 is 19.9 Å². The molecule has 0 atom stereocenters. The minimum Gasteiger partial charge on any atom is -0.416 e. The van der Waals surface area contributed by atoms with Gasteiger partial charge >= 0.3 is 5.95 Å². The van der Waals surface area contributed by atoms with E-state index in [9.17, 15) is 14.9 Å². The Labute approximate surface area is 112 Å². The van der Waals surface area contributed by atoms with Gasteiger partial charge in [0, 0.05) is 6.54 Å². The highest BCUT2D eigenvalue weighted by molar-refractivity contribution is 6.69. The van der Waals surface area contributed by atoms with Crippen LogP contribution in [0.4, 0.5) is 5.95 Å². The number of imidazole rings is 1. The Hall–Kier alpha value is -1.74. The number of carbonyl (C=O) groups is 1. The summed E-state index contributed by atoms with van der Waals surface area (Å²) >= 11 is 0. The Bertz CT molecular complexity index is 455. The highest BCUT2D eigenvalue weighted by Gasteiger charge is 2.17. The Morgan fingerprint density at radius 2 is 2.26 bits per heavy atom. The van der Waals surface area contributed by atoms with E-state index in [4.69, 9.17) is 4.43 Å². The molecule has 1 N–H and O–H groups in total.